The molecule has 0 radical (unpaired) electrons. The van der Waals surface area contributed by atoms with E-state index < -0.39 is 0 Å². The summed E-state index contributed by atoms with van der Waals surface area (Å²) in [5, 5.41) is 0. The number of hydrogen-bond donors (Lipinski definition) is 1. The summed E-state index contributed by atoms with van der Waals surface area (Å²) in [6, 6.07) is 10.2. The van der Waals surface area contributed by atoms with Gasteiger partial charge in [-0.3, -0.25) is 9.69 Å². The first kappa shape index (κ1) is 14.0. The van der Waals surface area contributed by atoms with Crippen molar-refractivity contribution in [3.8, 4) is 0 Å². The standard InChI is InChI=1S/C15H22N2O2/c1-2-19-15(18)13-11-17(9-8-14(13)16)10-12-6-4-3-5-7-12/h3-7,13-14H,2,8-11,16H2,1H3/t13-,14+/m0/s1. The zero-order valence-electron chi connectivity index (χ0n) is 11.4. The molecule has 1 heterocycles. The zero-order valence-corrected chi connectivity index (χ0v) is 11.4. The van der Waals surface area contributed by atoms with Crippen LogP contribution < -0.4 is 5.73 Å². The molecule has 4 nitrogen and oxygen atoms in total. The van der Waals surface area contributed by atoms with Crippen LogP contribution in [0.25, 0.3) is 0 Å². The first-order valence-corrected chi connectivity index (χ1v) is 6.89. The van der Waals surface area contributed by atoms with E-state index in [-0.39, 0.29) is 17.9 Å². The number of benzene rings is 1. The first-order chi connectivity index (χ1) is 9.20. The summed E-state index contributed by atoms with van der Waals surface area (Å²) in [6.07, 6.45) is 0.844. The molecule has 0 unspecified atom stereocenters. The van der Waals surface area contributed by atoms with Gasteiger partial charge in [0.15, 0.2) is 0 Å². The fourth-order valence-corrected chi connectivity index (χ4v) is 2.52. The minimum atomic E-state index is -0.197. The lowest BCUT2D eigenvalue weighted by molar-refractivity contribution is -0.150. The van der Waals surface area contributed by atoms with Crippen molar-refractivity contribution in [2.45, 2.75) is 25.9 Å². The Bertz CT molecular complexity index is 408. The molecule has 4 heteroatoms. The lowest BCUT2D eigenvalue weighted by atomic mass is 9.92. The van der Waals surface area contributed by atoms with Crippen molar-refractivity contribution in [1.82, 2.24) is 4.90 Å². The summed E-state index contributed by atoms with van der Waals surface area (Å²) in [7, 11) is 0. The summed E-state index contributed by atoms with van der Waals surface area (Å²) in [5.41, 5.74) is 7.30. The maximum absolute atomic E-state index is 11.9. The van der Waals surface area contributed by atoms with Crippen LogP contribution in [0.1, 0.15) is 18.9 Å². The third-order valence-electron chi connectivity index (χ3n) is 3.59. The number of likely N-dealkylation sites (tertiary alicyclic amines) is 1. The molecule has 0 aromatic heterocycles. The van der Waals surface area contributed by atoms with E-state index in [0.717, 1.165) is 19.5 Å². The van der Waals surface area contributed by atoms with E-state index in [0.29, 0.717) is 13.2 Å². The first-order valence-electron chi connectivity index (χ1n) is 6.89. The van der Waals surface area contributed by atoms with Gasteiger partial charge < -0.3 is 10.5 Å². The van der Waals surface area contributed by atoms with Crippen LogP contribution in [0.3, 0.4) is 0 Å². The third kappa shape index (κ3) is 3.78. The Labute approximate surface area is 114 Å². The van der Waals surface area contributed by atoms with Crippen LogP contribution in [0.4, 0.5) is 0 Å². The summed E-state index contributed by atoms with van der Waals surface area (Å²) < 4.78 is 5.10. The number of nitrogens with two attached hydrogens (primary N) is 1. The quantitative estimate of drug-likeness (QED) is 0.833. The Morgan fingerprint density at radius 3 is 2.84 bits per heavy atom. The van der Waals surface area contributed by atoms with Crippen LogP contribution in [0.2, 0.25) is 0 Å². The van der Waals surface area contributed by atoms with E-state index in [1.165, 1.54) is 5.56 Å². The Morgan fingerprint density at radius 2 is 2.16 bits per heavy atom. The van der Waals surface area contributed by atoms with Crippen molar-refractivity contribution in [2.75, 3.05) is 19.7 Å². The molecule has 2 rings (SSSR count). The van der Waals surface area contributed by atoms with Crippen molar-refractivity contribution in [3.05, 3.63) is 35.9 Å². The number of piperidine rings is 1. The molecule has 1 aliphatic heterocycles. The van der Waals surface area contributed by atoms with Crippen molar-refractivity contribution in [3.63, 3.8) is 0 Å². The minimum absolute atomic E-state index is 0.0777. The Balaban J connectivity index is 1.95. The predicted molar refractivity (Wildman–Crippen MR) is 74.4 cm³/mol. The van der Waals surface area contributed by atoms with E-state index in [9.17, 15) is 4.79 Å². The van der Waals surface area contributed by atoms with Crippen molar-refractivity contribution < 1.29 is 9.53 Å². The third-order valence-corrected chi connectivity index (χ3v) is 3.59. The molecule has 0 bridgehead atoms. The Morgan fingerprint density at radius 1 is 1.42 bits per heavy atom. The van der Waals surface area contributed by atoms with Gasteiger partial charge in [0.2, 0.25) is 0 Å². The van der Waals surface area contributed by atoms with Gasteiger partial charge in [0, 0.05) is 25.7 Å². The van der Waals surface area contributed by atoms with E-state index in [2.05, 4.69) is 17.0 Å². The molecule has 1 saturated heterocycles. The highest BCUT2D eigenvalue weighted by Gasteiger charge is 2.32. The second kappa shape index (κ2) is 6.68. The second-order valence-electron chi connectivity index (χ2n) is 5.03. The van der Waals surface area contributed by atoms with Crippen LogP contribution in [-0.2, 0) is 16.1 Å². The van der Waals surface area contributed by atoms with Crippen LogP contribution in [0.5, 0.6) is 0 Å². The minimum Gasteiger partial charge on any atom is -0.466 e. The maximum atomic E-state index is 11.9. The summed E-state index contributed by atoms with van der Waals surface area (Å²) >= 11 is 0. The smallest absolute Gasteiger partial charge is 0.311 e. The number of rotatable bonds is 4. The average molecular weight is 262 g/mol. The fourth-order valence-electron chi connectivity index (χ4n) is 2.52. The number of carbonyl (C=O) groups is 1. The molecule has 1 aromatic rings. The summed E-state index contributed by atoms with van der Waals surface area (Å²) in [6.45, 7) is 4.74. The lowest BCUT2D eigenvalue weighted by Crippen LogP contribution is -2.50. The SMILES string of the molecule is CCOC(=O)[C@H]1CN(Cc2ccccc2)CC[C@H]1N. The van der Waals surface area contributed by atoms with E-state index >= 15 is 0 Å². The maximum Gasteiger partial charge on any atom is 0.311 e. The molecule has 0 spiro atoms. The van der Waals surface area contributed by atoms with Gasteiger partial charge in [0.25, 0.3) is 0 Å². The monoisotopic (exact) mass is 262 g/mol. The molecule has 0 amide bonds. The summed E-state index contributed by atoms with van der Waals surface area (Å²) in [5.74, 6) is -0.356. The Kier molecular flexibility index (Phi) is 4.93. The van der Waals surface area contributed by atoms with E-state index in [4.69, 9.17) is 10.5 Å². The summed E-state index contributed by atoms with van der Waals surface area (Å²) in [4.78, 5) is 14.2. The van der Waals surface area contributed by atoms with Crippen molar-refractivity contribution in [2.24, 2.45) is 11.7 Å². The molecule has 2 atom stereocenters. The highest BCUT2D eigenvalue weighted by Crippen LogP contribution is 2.19. The van der Waals surface area contributed by atoms with E-state index in [1.807, 2.05) is 25.1 Å². The molecule has 104 valence electrons. The fraction of sp³-hybridized carbons (Fsp3) is 0.533. The molecule has 1 fully saturated rings. The number of carbonyl (C=O) groups excluding carboxylic acids is 1. The molecular formula is C15H22N2O2. The van der Waals surface area contributed by atoms with Gasteiger partial charge in [-0.15, -0.1) is 0 Å². The second-order valence-corrected chi connectivity index (χ2v) is 5.03. The van der Waals surface area contributed by atoms with Gasteiger partial charge in [-0.1, -0.05) is 30.3 Å². The van der Waals surface area contributed by atoms with Gasteiger partial charge in [0.1, 0.15) is 0 Å². The van der Waals surface area contributed by atoms with Gasteiger partial charge in [-0.2, -0.15) is 0 Å². The molecule has 0 saturated carbocycles. The average Bonchev–Trinajstić information content (AvgIpc) is 2.42. The molecule has 1 aliphatic rings. The topological polar surface area (TPSA) is 55.6 Å². The van der Waals surface area contributed by atoms with Crippen LogP contribution in [-0.4, -0.2) is 36.6 Å². The highest BCUT2D eigenvalue weighted by molar-refractivity contribution is 5.73. The molecule has 19 heavy (non-hydrogen) atoms. The van der Waals surface area contributed by atoms with Gasteiger partial charge in [0.05, 0.1) is 12.5 Å². The Hall–Kier alpha value is -1.39. The number of nitrogens with zero attached hydrogens (tertiary/aromatic N) is 1. The predicted octanol–water partition coefficient (Wildman–Crippen LogP) is 1.40. The zero-order chi connectivity index (χ0) is 13.7. The van der Waals surface area contributed by atoms with Gasteiger partial charge in [-0.05, 0) is 18.9 Å². The number of esters is 1. The molecule has 0 aliphatic carbocycles. The van der Waals surface area contributed by atoms with Crippen LogP contribution >= 0.6 is 0 Å². The highest BCUT2D eigenvalue weighted by atomic mass is 16.5. The molecule has 2 N–H and O–H groups in total. The molecular weight excluding hydrogens is 240 g/mol. The van der Waals surface area contributed by atoms with Crippen molar-refractivity contribution >= 4 is 5.97 Å². The van der Waals surface area contributed by atoms with Gasteiger partial charge in [-0.25, -0.2) is 0 Å². The van der Waals surface area contributed by atoms with Crippen molar-refractivity contribution in [1.29, 1.82) is 0 Å². The van der Waals surface area contributed by atoms with E-state index in [1.54, 1.807) is 0 Å². The van der Waals surface area contributed by atoms with Crippen LogP contribution in [0.15, 0.2) is 30.3 Å². The largest absolute Gasteiger partial charge is 0.466 e. The van der Waals surface area contributed by atoms with Gasteiger partial charge >= 0.3 is 5.97 Å². The normalized spacial score (nSPS) is 24.1. The molecule has 1 aromatic carbocycles. The lowest BCUT2D eigenvalue weighted by Gasteiger charge is -2.35. The number of ether oxygens (including phenoxy) is 1. The van der Waals surface area contributed by atoms with Crippen LogP contribution in [0, 0.1) is 5.92 Å². The number of hydrogen-bond acceptors (Lipinski definition) is 4.